The topological polar surface area (TPSA) is 58.5 Å². The van der Waals surface area contributed by atoms with Crippen LogP contribution in [0, 0.1) is 0 Å². The molecule has 1 aliphatic rings. The summed E-state index contributed by atoms with van der Waals surface area (Å²) < 4.78 is 4.92. The quantitative estimate of drug-likeness (QED) is 0.803. The highest BCUT2D eigenvalue weighted by atomic mass is 16.5. The van der Waals surface area contributed by atoms with Gasteiger partial charge in [0.15, 0.2) is 0 Å². The van der Waals surface area contributed by atoms with Crippen LogP contribution in [-0.4, -0.2) is 48.5 Å². The van der Waals surface area contributed by atoms with Gasteiger partial charge in [0, 0.05) is 32.0 Å². The molecule has 0 saturated heterocycles. The monoisotopic (exact) mass is 237 g/mol. The van der Waals surface area contributed by atoms with Gasteiger partial charge in [-0.25, -0.2) is 9.97 Å². The molecule has 0 aromatic carbocycles. The summed E-state index contributed by atoms with van der Waals surface area (Å²) in [6.45, 7) is 0.870. The summed E-state index contributed by atoms with van der Waals surface area (Å²) >= 11 is 0. The second-order valence-electron chi connectivity index (χ2n) is 4.47. The summed E-state index contributed by atoms with van der Waals surface area (Å²) in [4.78, 5) is 10.6. The van der Waals surface area contributed by atoms with E-state index >= 15 is 0 Å². The van der Waals surface area contributed by atoms with Crippen molar-refractivity contribution in [2.45, 2.75) is 25.4 Å². The highest BCUT2D eigenvalue weighted by Crippen LogP contribution is 2.27. The van der Waals surface area contributed by atoms with E-state index in [1.165, 1.54) is 5.56 Å². The number of rotatable bonds is 5. The molecule has 1 aliphatic carbocycles. The number of likely N-dealkylation sites (N-methyl/N-ethyl adjacent to an activating group) is 1. The standard InChI is InChI=1S/C12H19N3O2/c1-15(6-9(16)7-17-2)12-10-4-3-5-11(10)13-8-14-12/h8-9,16H,3-7H2,1-2H3. The van der Waals surface area contributed by atoms with E-state index in [2.05, 4.69) is 9.97 Å². The van der Waals surface area contributed by atoms with Gasteiger partial charge in [0.2, 0.25) is 0 Å². The lowest BCUT2D eigenvalue weighted by atomic mass is 10.2. The van der Waals surface area contributed by atoms with E-state index in [0.717, 1.165) is 30.8 Å². The minimum Gasteiger partial charge on any atom is -0.389 e. The second kappa shape index (κ2) is 5.42. The maximum Gasteiger partial charge on any atom is 0.135 e. The van der Waals surface area contributed by atoms with Gasteiger partial charge in [-0.3, -0.25) is 0 Å². The minimum atomic E-state index is -0.489. The third-order valence-corrected chi connectivity index (χ3v) is 3.06. The Labute approximate surface area is 101 Å². The van der Waals surface area contributed by atoms with Gasteiger partial charge in [0.05, 0.1) is 12.7 Å². The summed E-state index contributed by atoms with van der Waals surface area (Å²) in [5.74, 6) is 0.947. The van der Waals surface area contributed by atoms with Crippen molar-refractivity contribution < 1.29 is 9.84 Å². The summed E-state index contributed by atoms with van der Waals surface area (Å²) in [7, 11) is 3.53. The molecule has 2 rings (SSSR count). The zero-order chi connectivity index (χ0) is 12.3. The Morgan fingerprint density at radius 3 is 3.06 bits per heavy atom. The summed E-state index contributed by atoms with van der Waals surface area (Å²) in [6, 6.07) is 0. The summed E-state index contributed by atoms with van der Waals surface area (Å²) in [5.41, 5.74) is 2.39. The van der Waals surface area contributed by atoms with E-state index < -0.39 is 6.10 Å². The third-order valence-electron chi connectivity index (χ3n) is 3.06. The number of aryl methyl sites for hydroxylation is 1. The van der Waals surface area contributed by atoms with Crippen LogP contribution in [0.15, 0.2) is 6.33 Å². The van der Waals surface area contributed by atoms with Crippen LogP contribution in [0.4, 0.5) is 5.82 Å². The summed E-state index contributed by atoms with van der Waals surface area (Å²) in [6.07, 6.45) is 4.35. The van der Waals surface area contributed by atoms with E-state index in [0.29, 0.717) is 13.2 Å². The molecule has 0 bridgehead atoms. The third kappa shape index (κ3) is 2.73. The average Bonchev–Trinajstić information content (AvgIpc) is 2.76. The molecule has 1 aromatic rings. The first-order valence-electron chi connectivity index (χ1n) is 5.93. The lowest BCUT2D eigenvalue weighted by Gasteiger charge is -2.23. The molecule has 1 N–H and O–H groups in total. The van der Waals surface area contributed by atoms with Crippen LogP contribution in [0.3, 0.4) is 0 Å². The molecule has 0 spiro atoms. The van der Waals surface area contributed by atoms with Crippen LogP contribution in [0.1, 0.15) is 17.7 Å². The fraction of sp³-hybridized carbons (Fsp3) is 0.667. The van der Waals surface area contributed by atoms with E-state index in [9.17, 15) is 5.11 Å². The number of fused-ring (bicyclic) bond motifs is 1. The van der Waals surface area contributed by atoms with Crippen LogP contribution < -0.4 is 4.90 Å². The molecule has 1 unspecified atom stereocenters. The zero-order valence-corrected chi connectivity index (χ0v) is 10.4. The molecule has 0 saturated carbocycles. The van der Waals surface area contributed by atoms with Gasteiger partial charge >= 0.3 is 0 Å². The van der Waals surface area contributed by atoms with Crippen LogP contribution in [0.25, 0.3) is 0 Å². The minimum absolute atomic E-state index is 0.345. The number of hydrogen-bond donors (Lipinski definition) is 1. The number of nitrogens with zero attached hydrogens (tertiary/aromatic N) is 3. The lowest BCUT2D eigenvalue weighted by Crippen LogP contribution is -2.33. The highest BCUT2D eigenvalue weighted by Gasteiger charge is 2.20. The molecule has 1 heterocycles. The Morgan fingerprint density at radius 1 is 1.47 bits per heavy atom. The Kier molecular flexibility index (Phi) is 3.91. The summed E-state index contributed by atoms with van der Waals surface area (Å²) in [5, 5.41) is 9.72. The van der Waals surface area contributed by atoms with Crippen molar-refractivity contribution in [1.82, 2.24) is 9.97 Å². The first-order chi connectivity index (χ1) is 8.22. The van der Waals surface area contributed by atoms with Gasteiger partial charge in [-0.2, -0.15) is 0 Å². The predicted octanol–water partition coefficient (Wildman–Crippen LogP) is 0.409. The molecule has 5 nitrogen and oxygen atoms in total. The molecule has 0 radical (unpaired) electrons. The van der Waals surface area contributed by atoms with Crippen LogP contribution in [0.2, 0.25) is 0 Å². The van der Waals surface area contributed by atoms with Crippen molar-refractivity contribution in [3.05, 3.63) is 17.6 Å². The number of anilines is 1. The number of aliphatic hydroxyl groups excluding tert-OH is 1. The number of hydrogen-bond acceptors (Lipinski definition) is 5. The fourth-order valence-electron chi connectivity index (χ4n) is 2.32. The Morgan fingerprint density at radius 2 is 2.29 bits per heavy atom. The van der Waals surface area contributed by atoms with E-state index in [1.54, 1.807) is 13.4 Å². The molecule has 0 amide bonds. The molecule has 0 fully saturated rings. The van der Waals surface area contributed by atoms with E-state index in [4.69, 9.17) is 4.74 Å². The largest absolute Gasteiger partial charge is 0.389 e. The van der Waals surface area contributed by atoms with Gasteiger partial charge in [-0.05, 0) is 19.3 Å². The van der Waals surface area contributed by atoms with Crippen molar-refractivity contribution in [2.24, 2.45) is 0 Å². The molecule has 1 aromatic heterocycles. The molecular formula is C12H19N3O2. The molecular weight excluding hydrogens is 218 g/mol. The predicted molar refractivity (Wildman–Crippen MR) is 65.2 cm³/mol. The number of methoxy groups -OCH3 is 1. The number of aromatic nitrogens is 2. The van der Waals surface area contributed by atoms with Crippen molar-refractivity contribution in [1.29, 1.82) is 0 Å². The number of aliphatic hydroxyl groups is 1. The Hall–Kier alpha value is -1.20. The molecule has 1 atom stereocenters. The highest BCUT2D eigenvalue weighted by molar-refractivity contribution is 5.49. The molecule has 17 heavy (non-hydrogen) atoms. The lowest BCUT2D eigenvalue weighted by molar-refractivity contribution is 0.0694. The van der Waals surface area contributed by atoms with Crippen molar-refractivity contribution in [3.63, 3.8) is 0 Å². The maximum atomic E-state index is 9.72. The molecule has 94 valence electrons. The van der Waals surface area contributed by atoms with Crippen LogP contribution in [0.5, 0.6) is 0 Å². The molecule has 5 heteroatoms. The van der Waals surface area contributed by atoms with Gasteiger partial charge in [-0.15, -0.1) is 0 Å². The SMILES string of the molecule is COCC(O)CN(C)c1ncnc2c1CCC2. The first kappa shape index (κ1) is 12.3. The van der Waals surface area contributed by atoms with Crippen molar-refractivity contribution in [3.8, 4) is 0 Å². The van der Waals surface area contributed by atoms with Gasteiger partial charge in [0.1, 0.15) is 12.1 Å². The van der Waals surface area contributed by atoms with Gasteiger partial charge in [0.25, 0.3) is 0 Å². The smallest absolute Gasteiger partial charge is 0.135 e. The van der Waals surface area contributed by atoms with Gasteiger partial charge < -0.3 is 14.7 Å². The fourth-order valence-corrected chi connectivity index (χ4v) is 2.32. The van der Waals surface area contributed by atoms with Crippen molar-refractivity contribution >= 4 is 5.82 Å². The zero-order valence-electron chi connectivity index (χ0n) is 10.4. The Balaban J connectivity index is 2.09. The van der Waals surface area contributed by atoms with Crippen molar-refractivity contribution in [2.75, 3.05) is 32.2 Å². The first-order valence-corrected chi connectivity index (χ1v) is 5.93. The van der Waals surface area contributed by atoms with Gasteiger partial charge in [-0.1, -0.05) is 0 Å². The van der Waals surface area contributed by atoms with Crippen LogP contribution in [-0.2, 0) is 17.6 Å². The Bertz CT molecular complexity index is 384. The average molecular weight is 237 g/mol. The maximum absolute atomic E-state index is 9.72. The van der Waals surface area contributed by atoms with E-state index in [1.807, 2.05) is 11.9 Å². The molecule has 0 aliphatic heterocycles. The second-order valence-corrected chi connectivity index (χ2v) is 4.47. The van der Waals surface area contributed by atoms with Crippen LogP contribution >= 0.6 is 0 Å². The van der Waals surface area contributed by atoms with E-state index in [-0.39, 0.29) is 0 Å². The normalized spacial score (nSPS) is 15.7. The number of ether oxygens (including phenoxy) is 1.